The molecule has 0 spiro atoms. The second kappa shape index (κ2) is 7.76. The minimum Gasteiger partial charge on any atom is -0.508 e. The van der Waals surface area contributed by atoms with E-state index in [2.05, 4.69) is 5.32 Å². The lowest BCUT2D eigenvalue weighted by molar-refractivity contribution is -0.123. The van der Waals surface area contributed by atoms with Gasteiger partial charge in [0, 0.05) is 12.6 Å². The summed E-state index contributed by atoms with van der Waals surface area (Å²) in [6.45, 7) is 2.01. The van der Waals surface area contributed by atoms with Crippen LogP contribution in [-0.4, -0.2) is 34.8 Å². The number of amides is 1. The molecule has 0 fully saturated rings. The number of aliphatic hydroxyl groups is 1. The van der Waals surface area contributed by atoms with Gasteiger partial charge in [0.25, 0.3) is 0 Å². The van der Waals surface area contributed by atoms with E-state index in [4.69, 9.17) is 10.8 Å². The molecule has 1 rings (SSSR count). The summed E-state index contributed by atoms with van der Waals surface area (Å²) in [7, 11) is 0. The fourth-order valence-electron chi connectivity index (χ4n) is 1.80. The van der Waals surface area contributed by atoms with Crippen molar-refractivity contribution in [3.05, 3.63) is 29.8 Å². The van der Waals surface area contributed by atoms with Crippen molar-refractivity contribution >= 4 is 5.91 Å². The van der Waals surface area contributed by atoms with Crippen molar-refractivity contribution in [3.8, 4) is 5.75 Å². The van der Waals surface area contributed by atoms with Gasteiger partial charge in [-0.1, -0.05) is 12.1 Å². The molecule has 2 unspecified atom stereocenters. The maximum atomic E-state index is 11.8. The number of aliphatic hydroxyl groups excluding tert-OH is 1. The lowest BCUT2D eigenvalue weighted by Gasteiger charge is -2.17. The van der Waals surface area contributed by atoms with Crippen LogP contribution in [0, 0.1) is 0 Å². The van der Waals surface area contributed by atoms with Crippen molar-refractivity contribution in [1.82, 2.24) is 5.32 Å². The highest BCUT2D eigenvalue weighted by molar-refractivity contribution is 5.82. The molecule has 5 N–H and O–H groups in total. The number of aromatic hydroxyl groups is 1. The van der Waals surface area contributed by atoms with E-state index in [9.17, 15) is 9.90 Å². The van der Waals surface area contributed by atoms with Crippen LogP contribution in [0.15, 0.2) is 24.3 Å². The molecule has 0 saturated carbocycles. The van der Waals surface area contributed by atoms with Crippen LogP contribution in [0.25, 0.3) is 0 Å². The number of benzene rings is 1. The minimum atomic E-state index is -0.610. The zero-order valence-electron chi connectivity index (χ0n) is 11.2. The van der Waals surface area contributed by atoms with Crippen LogP contribution in [0.4, 0.5) is 0 Å². The number of rotatable bonds is 7. The summed E-state index contributed by atoms with van der Waals surface area (Å²) in [5.74, 6) is -0.00193. The summed E-state index contributed by atoms with van der Waals surface area (Å²) in [4.78, 5) is 11.8. The summed E-state index contributed by atoms with van der Waals surface area (Å²) in [5.41, 5.74) is 6.75. The predicted molar refractivity (Wildman–Crippen MR) is 73.7 cm³/mol. The molecule has 1 aromatic rings. The van der Waals surface area contributed by atoms with Crippen molar-refractivity contribution in [2.45, 2.75) is 38.3 Å². The van der Waals surface area contributed by atoms with Crippen molar-refractivity contribution < 1.29 is 15.0 Å². The first-order valence-electron chi connectivity index (χ1n) is 6.47. The van der Waals surface area contributed by atoms with E-state index in [0.717, 1.165) is 12.0 Å². The van der Waals surface area contributed by atoms with Crippen LogP contribution in [0.5, 0.6) is 5.75 Å². The van der Waals surface area contributed by atoms with Crippen molar-refractivity contribution in [3.63, 3.8) is 0 Å². The Morgan fingerprint density at radius 2 is 2.00 bits per heavy atom. The first-order chi connectivity index (χ1) is 9.02. The Balaban J connectivity index is 2.42. The number of phenols is 1. The molecule has 106 valence electrons. The average molecular weight is 266 g/mol. The molecule has 1 amide bonds. The second-order valence-corrected chi connectivity index (χ2v) is 4.75. The van der Waals surface area contributed by atoms with E-state index >= 15 is 0 Å². The Morgan fingerprint density at radius 3 is 2.58 bits per heavy atom. The molecule has 0 aliphatic rings. The van der Waals surface area contributed by atoms with Crippen LogP contribution < -0.4 is 11.1 Å². The number of carbonyl (C=O) groups is 1. The molecule has 0 bridgehead atoms. The van der Waals surface area contributed by atoms with Gasteiger partial charge in [0.05, 0.1) is 6.04 Å². The summed E-state index contributed by atoms with van der Waals surface area (Å²) >= 11 is 0. The van der Waals surface area contributed by atoms with Gasteiger partial charge < -0.3 is 21.3 Å². The van der Waals surface area contributed by atoms with Crippen LogP contribution in [0.3, 0.4) is 0 Å². The van der Waals surface area contributed by atoms with Gasteiger partial charge in [-0.3, -0.25) is 4.79 Å². The Morgan fingerprint density at radius 1 is 1.37 bits per heavy atom. The van der Waals surface area contributed by atoms with Crippen molar-refractivity contribution in [1.29, 1.82) is 0 Å². The molecular weight excluding hydrogens is 244 g/mol. The van der Waals surface area contributed by atoms with Gasteiger partial charge in [0.2, 0.25) is 5.91 Å². The number of nitrogens with one attached hydrogen (secondary N) is 1. The van der Waals surface area contributed by atoms with Crippen molar-refractivity contribution in [2.75, 3.05) is 6.61 Å². The van der Waals surface area contributed by atoms with Gasteiger partial charge in [-0.25, -0.2) is 0 Å². The smallest absolute Gasteiger partial charge is 0.237 e. The number of hydrogen-bond donors (Lipinski definition) is 4. The highest BCUT2D eigenvalue weighted by atomic mass is 16.3. The molecule has 0 aliphatic carbocycles. The molecular formula is C14H22N2O3. The van der Waals surface area contributed by atoms with E-state index in [0.29, 0.717) is 12.8 Å². The Kier molecular flexibility index (Phi) is 6.32. The maximum Gasteiger partial charge on any atom is 0.237 e. The molecule has 5 heteroatoms. The first-order valence-corrected chi connectivity index (χ1v) is 6.47. The van der Waals surface area contributed by atoms with Gasteiger partial charge in [-0.05, 0) is 43.9 Å². The highest BCUT2D eigenvalue weighted by Crippen LogP contribution is 2.11. The van der Waals surface area contributed by atoms with Crippen LogP contribution in [-0.2, 0) is 11.2 Å². The van der Waals surface area contributed by atoms with Crippen LogP contribution in [0.1, 0.15) is 25.3 Å². The summed E-state index contributed by atoms with van der Waals surface area (Å²) in [6.07, 6.45) is 1.82. The second-order valence-electron chi connectivity index (χ2n) is 4.75. The third-order valence-corrected chi connectivity index (χ3v) is 2.91. The lowest BCUT2D eigenvalue weighted by Crippen LogP contribution is -2.45. The molecule has 0 radical (unpaired) electrons. The Bertz CT molecular complexity index is 392. The van der Waals surface area contributed by atoms with Crippen molar-refractivity contribution in [2.24, 2.45) is 5.73 Å². The number of hydrogen-bond acceptors (Lipinski definition) is 4. The van der Waals surface area contributed by atoms with Gasteiger partial charge in [-0.2, -0.15) is 0 Å². The molecule has 1 aromatic carbocycles. The van der Waals surface area contributed by atoms with Gasteiger partial charge >= 0.3 is 0 Å². The standard InChI is InChI=1S/C14H22N2O3/c1-10(3-2-8-17)16-14(19)13(15)9-11-4-6-12(18)7-5-11/h4-7,10,13,17-18H,2-3,8-9,15H2,1H3,(H,16,19). The van der Waals surface area contributed by atoms with Crippen LogP contribution in [0.2, 0.25) is 0 Å². The summed E-state index contributed by atoms with van der Waals surface area (Å²) in [5, 5.41) is 20.7. The number of phenolic OH excluding ortho intramolecular Hbond substituents is 1. The topological polar surface area (TPSA) is 95.6 Å². The predicted octanol–water partition coefficient (Wildman–Crippen LogP) is 0.539. The normalized spacial score (nSPS) is 13.8. The molecule has 5 nitrogen and oxygen atoms in total. The highest BCUT2D eigenvalue weighted by Gasteiger charge is 2.16. The molecule has 19 heavy (non-hydrogen) atoms. The fraction of sp³-hybridized carbons (Fsp3) is 0.500. The third-order valence-electron chi connectivity index (χ3n) is 2.91. The fourth-order valence-corrected chi connectivity index (χ4v) is 1.80. The van der Waals surface area contributed by atoms with E-state index in [1.54, 1.807) is 24.3 Å². The van der Waals surface area contributed by atoms with E-state index < -0.39 is 6.04 Å². The Hall–Kier alpha value is -1.59. The lowest BCUT2D eigenvalue weighted by atomic mass is 10.1. The largest absolute Gasteiger partial charge is 0.508 e. The van der Waals surface area contributed by atoms with Gasteiger partial charge in [0.1, 0.15) is 5.75 Å². The van der Waals surface area contributed by atoms with Crippen LogP contribution >= 0.6 is 0 Å². The SMILES string of the molecule is CC(CCCO)NC(=O)C(N)Cc1ccc(O)cc1. The van der Waals surface area contributed by atoms with E-state index in [1.165, 1.54) is 0 Å². The third kappa shape index (κ3) is 5.72. The zero-order chi connectivity index (χ0) is 14.3. The van der Waals surface area contributed by atoms with Gasteiger partial charge in [-0.15, -0.1) is 0 Å². The minimum absolute atomic E-state index is 0.00511. The summed E-state index contributed by atoms with van der Waals surface area (Å²) in [6, 6.07) is 6.04. The quantitative estimate of drug-likeness (QED) is 0.579. The first kappa shape index (κ1) is 15.5. The molecule has 0 aliphatic heterocycles. The number of nitrogens with two attached hydrogens (primary N) is 1. The molecule has 0 saturated heterocycles. The average Bonchev–Trinajstić information content (AvgIpc) is 2.39. The van der Waals surface area contributed by atoms with Gasteiger partial charge in [0.15, 0.2) is 0 Å². The zero-order valence-corrected chi connectivity index (χ0v) is 11.2. The van der Waals surface area contributed by atoms with E-state index in [-0.39, 0.29) is 24.3 Å². The maximum absolute atomic E-state index is 11.8. The molecule has 0 heterocycles. The molecule has 2 atom stereocenters. The van der Waals surface area contributed by atoms with E-state index in [1.807, 2.05) is 6.92 Å². The monoisotopic (exact) mass is 266 g/mol. The summed E-state index contributed by atoms with van der Waals surface area (Å²) < 4.78 is 0. The number of carbonyl (C=O) groups excluding carboxylic acids is 1. The molecule has 0 aromatic heterocycles. The Labute approximate surface area is 113 Å².